The van der Waals surface area contributed by atoms with Crippen molar-refractivity contribution in [1.29, 1.82) is 0 Å². The highest BCUT2D eigenvalue weighted by atomic mass is 32.2. The number of nitrogens with zero attached hydrogens (tertiary/aromatic N) is 3. The largest absolute Gasteiger partial charge is 0.497 e. The molecule has 1 aromatic heterocycles. The van der Waals surface area contributed by atoms with Crippen molar-refractivity contribution in [2.24, 2.45) is 5.10 Å². The van der Waals surface area contributed by atoms with Gasteiger partial charge in [0.2, 0.25) is 5.91 Å². The molecule has 178 valence electrons. The molecule has 35 heavy (non-hydrogen) atoms. The van der Waals surface area contributed by atoms with E-state index >= 15 is 0 Å². The van der Waals surface area contributed by atoms with Crippen LogP contribution in [0, 0.1) is 0 Å². The number of carbonyl (C=O) groups is 1. The zero-order chi connectivity index (χ0) is 24.7. The average molecular weight is 491 g/mol. The number of para-hydroxylation sites is 1. The van der Waals surface area contributed by atoms with Crippen LogP contribution >= 0.6 is 0 Å². The van der Waals surface area contributed by atoms with E-state index in [0.29, 0.717) is 11.4 Å². The van der Waals surface area contributed by atoms with Gasteiger partial charge in [0.1, 0.15) is 16.4 Å². The number of nitrogens with one attached hydrogen (secondary N) is 1. The third kappa shape index (κ3) is 6.12. The summed E-state index contributed by atoms with van der Waals surface area (Å²) in [5.41, 5.74) is 4.01. The molecule has 0 saturated heterocycles. The van der Waals surface area contributed by atoms with Crippen LogP contribution in [0.2, 0.25) is 0 Å². The van der Waals surface area contributed by atoms with Crippen molar-refractivity contribution in [2.45, 2.75) is 11.3 Å². The lowest BCUT2D eigenvalue weighted by Gasteiger charge is -2.11. The summed E-state index contributed by atoms with van der Waals surface area (Å²) in [6, 6.07) is 21.7. The van der Waals surface area contributed by atoms with Crippen molar-refractivity contribution >= 4 is 22.2 Å². The van der Waals surface area contributed by atoms with E-state index in [9.17, 15) is 13.2 Å². The maximum Gasteiger partial charge on any atom is 0.339 e. The van der Waals surface area contributed by atoms with Crippen LogP contribution in [-0.2, 0) is 21.3 Å². The van der Waals surface area contributed by atoms with Crippen LogP contribution < -0.4 is 14.3 Å². The van der Waals surface area contributed by atoms with Crippen molar-refractivity contribution in [3.63, 3.8) is 0 Å². The second-order valence-corrected chi connectivity index (χ2v) is 8.86. The van der Waals surface area contributed by atoms with E-state index in [1.54, 1.807) is 97.0 Å². The monoisotopic (exact) mass is 490 g/mol. The Morgan fingerprint density at radius 2 is 1.83 bits per heavy atom. The minimum absolute atomic E-state index is 0.0736. The van der Waals surface area contributed by atoms with Crippen molar-refractivity contribution < 1.29 is 22.1 Å². The van der Waals surface area contributed by atoms with Gasteiger partial charge in [-0.1, -0.05) is 30.3 Å². The maximum atomic E-state index is 13.0. The summed E-state index contributed by atoms with van der Waals surface area (Å²) in [6.45, 7) is 0. The van der Waals surface area contributed by atoms with Gasteiger partial charge in [0, 0.05) is 18.0 Å². The molecule has 4 rings (SSSR count). The predicted octanol–water partition coefficient (Wildman–Crippen LogP) is 3.34. The van der Waals surface area contributed by atoms with Crippen LogP contribution in [0.4, 0.5) is 0 Å². The quantitative estimate of drug-likeness (QED) is 0.219. The van der Waals surface area contributed by atoms with Crippen LogP contribution in [0.25, 0.3) is 5.69 Å². The standard InChI is InChI=1S/C25H22N4O5S/c1-33-23-10-5-7-19(15-23)16-25(30)28-26-18-20-17-21(29-14-6-13-27-29)11-12-24(20)35(31,32)34-22-8-3-2-4-9-22/h2-15,17-18H,16H2,1H3,(H,28,30)/b26-18+. The van der Waals surface area contributed by atoms with Crippen LogP contribution in [-0.4, -0.2) is 37.4 Å². The Morgan fingerprint density at radius 1 is 1.03 bits per heavy atom. The van der Waals surface area contributed by atoms with Crippen LogP contribution in [0.1, 0.15) is 11.1 Å². The molecule has 0 aliphatic rings. The molecular weight excluding hydrogens is 468 g/mol. The van der Waals surface area contributed by atoms with Gasteiger partial charge in [-0.15, -0.1) is 0 Å². The van der Waals surface area contributed by atoms with Crippen molar-refractivity contribution in [1.82, 2.24) is 15.2 Å². The van der Waals surface area contributed by atoms with Crippen LogP contribution in [0.5, 0.6) is 11.5 Å². The molecule has 1 heterocycles. The van der Waals surface area contributed by atoms with Crippen molar-refractivity contribution in [2.75, 3.05) is 7.11 Å². The highest BCUT2D eigenvalue weighted by molar-refractivity contribution is 7.87. The van der Waals surface area contributed by atoms with E-state index in [1.807, 2.05) is 0 Å². The van der Waals surface area contributed by atoms with E-state index in [2.05, 4.69) is 15.6 Å². The maximum absolute atomic E-state index is 13.0. The summed E-state index contributed by atoms with van der Waals surface area (Å²) in [5.74, 6) is 0.448. The fourth-order valence-corrected chi connectivity index (χ4v) is 4.35. The van der Waals surface area contributed by atoms with Crippen molar-refractivity contribution in [3.8, 4) is 17.2 Å². The highest BCUT2D eigenvalue weighted by Gasteiger charge is 2.21. The van der Waals surface area contributed by atoms with Gasteiger partial charge in [0.25, 0.3) is 0 Å². The SMILES string of the molecule is COc1cccc(CC(=O)N/N=C/c2cc(-n3cccn3)ccc2S(=O)(=O)Oc2ccccc2)c1. The van der Waals surface area contributed by atoms with E-state index in [-0.39, 0.29) is 28.5 Å². The highest BCUT2D eigenvalue weighted by Crippen LogP contribution is 2.23. The number of hydrogen-bond acceptors (Lipinski definition) is 7. The Bertz CT molecular complexity index is 1440. The van der Waals surface area contributed by atoms with E-state index in [1.165, 1.54) is 12.3 Å². The molecule has 1 amide bonds. The summed E-state index contributed by atoms with van der Waals surface area (Å²) in [5, 5.41) is 8.15. The summed E-state index contributed by atoms with van der Waals surface area (Å²) in [4.78, 5) is 12.2. The first-order valence-corrected chi connectivity index (χ1v) is 11.9. The first kappa shape index (κ1) is 23.7. The number of amides is 1. The third-order valence-electron chi connectivity index (χ3n) is 4.87. The number of carbonyl (C=O) groups excluding carboxylic acids is 1. The lowest BCUT2D eigenvalue weighted by atomic mass is 10.1. The Morgan fingerprint density at radius 3 is 2.57 bits per heavy atom. The number of ether oxygens (including phenoxy) is 1. The summed E-state index contributed by atoms with van der Waals surface area (Å²) < 4.78 is 38.0. The molecule has 0 aliphatic heterocycles. The van der Waals surface area contributed by atoms with Gasteiger partial charge in [0.15, 0.2) is 0 Å². The normalized spacial score (nSPS) is 11.3. The van der Waals surface area contributed by atoms with E-state index < -0.39 is 10.1 Å². The molecule has 0 fully saturated rings. The van der Waals surface area contributed by atoms with Crippen molar-refractivity contribution in [3.05, 3.63) is 102 Å². The smallest absolute Gasteiger partial charge is 0.339 e. The number of rotatable bonds is 9. The Balaban J connectivity index is 1.58. The Labute approximate surface area is 202 Å². The molecule has 0 aliphatic carbocycles. The fraction of sp³-hybridized carbons (Fsp3) is 0.0800. The lowest BCUT2D eigenvalue weighted by Crippen LogP contribution is -2.20. The van der Waals surface area contributed by atoms with Gasteiger partial charge < -0.3 is 8.92 Å². The zero-order valence-electron chi connectivity index (χ0n) is 18.7. The molecule has 0 atom stereocenters. The van der Waals surface area contributed by atoms with Gasteiger partial charge >= 0.3 is 10.1 Å². The topological polar surface area (TPSA) is 112 Å². The van der Waals surface area contributed by atoms with Crippen LogP contribution in [0.15, 0.2) is 101 Å². The minimum atomic E-state index is -4.18. The number of benzene rings is 3. The molecule has 0 saturated carbocycles. The lowest BCUT2D eigenvalue weighted by molar-refractivity contribution is -0.120. The summed E-state index contributed by atoms with van der Waals surface area (Å²) in [6.07, 6.45) is 4.67. The zero-order valence-corrected chi connectivity index (χ0v) is 19.6. The van der Waals surface area contributed by atoms with Gasteiger partial charge in [-0.3, -0.25) is 4.79 Å². The molecule has 3 aromatic carbocycles. The third-order valence-corrected chi connectivity index (χ3v) is 6.19. The molecule has 4 aromatic rings. The molecule has 0 radical (unpaired) electrons. The Hall–Kier alpha value is -4.44. The second kappa shape index (κ2) is 10.7. The van der Waals surface area contributed by atoms with E-state index in [4.69, 9.17) is 8.92 Å². The molecule has 9 nitrogen and oxygen atoms in total. The van der Waals surface area contributed by atoms with Gasteiger partial charge in [-0.2, -0.15) is 18.6 Å². The fourth-order valence-electron chi connectivity index (χ4n) is 3.26. The second-order valence-electron chi connectivity index (χ2n) is 7.34. The molecule has 0 spiro atoms. The number of hydrogen-bond donors (Lipinski definition) is 1. The minimum Gasteiger partial charge on any atom is -0.497 e. The van der Waals surface area contributed by atoms with Gasteiger partial charge in [-0.25, -0.2) is 10.1 Å². The predicted molar refractivity (Wildman–Crippen MR) is 130 cm³/mol. The molecule has 1 N–H and O–H groups in total. The number of aromatic nitrogens is 2. The average Bonchev–Trinajstić information content (AvgIpc) is 3.39. The summed E-state index contributed by atoms with van der Waals surface area (Å²) in [7, 11) is -2.63. The number of methoxy groups -OCH3 is 1. The Kier molecular flexibility index (Phi) is 7.22. The van der Waals surface area contributed by atoms with Gasteiger partial charge in [0.05, 0.1) is 25.4 Å². The van der Waals surface area contributed by atoms with E-state index in [0.717, 1.165) is 5.56 Å². The number of hydrazone groups is 1. The molecule has 0 bridgehead atoms. The first-order valence-electron chi connectivity index (χ1n) is 10.5. The van der Waals surface area contributed by atoms with Crippen LogP contribution in [0.3, 0.4) is 0 Å². The molecule has 10 heteroatoms. The molecular formula is C25H22N4O5S. The molecule has 0 unspecified atom stereocenters. The van der Waals surface area contributed by atoms with Gasteiger partial charge in [-0.05, 0) is 54.1 Å². The first-order chi connectivity index (χ1) is 16.9. The summed E-state index contributed by atoms with van der Waals surface area (Å²) >= 11 is 0.